The van der Waals surface area contributed by atoms with Crippen molar-refractivity contribution < 1.29 is 13.9 Å². The topological polar surface area (TPSA) is 38.3 Å². The second kappa shape index (κ2) is 9.20. The number of carbonyl (C=O) groups excluding carboxylic acids is 1. The van der Waals surface area contributed by atoms with Gasteiger partial charge in [0.2, 0.25) is 5.91 Å². The highest BCUT2D eigenvalue weighted by Gasteiger charge is 2.04. The van der Waals surface area contributed by atoms with E-state index in [1.165, 1.54) is 6.07 Å². The van der Waals surface area contributed by atoms with E-state index in [1.54, 1.807) is 31.0 Å². The Hall–Kier alpha value is -2.01. The number of benzene rings is 2. The van der Waals surface area contributed by atoms with Crippen molar-refractivity contribution >= 4 is 17.7 Å². The molecular weight excluding hydrogens is 313 g/mol. The highest BCUT2D eigenvalue weighted by molar-refractivity contribution is 7.98. The summed E-state index contributed by atoms with van der Waals surface area (Å²) in [4.78, 5) is 11.9. The quantitative estimate of drug-likeness (QED) is 0.752. The number of amides is 1. The number of hydrogen-bond acceptors (Lipinski definition) is 3. The summed E-state index contributed by atoms with van der Waals surface area (Å²) >= 11 is 1.60. The van der Waals surface area contributed by atoms with Gasteiger partial charge >= 0.3 is 0 Å². The third-order valence-electron chi connectivity index (χ3n) is 3.28. The van der Waals surface area contributed by atoms with Crippen molar-refractivity contribution in [3.05, 3.63) is 65.5 Å². The third-order valence-corrected chi connectivity index (χ3v) is 4.29. The molecule has 0 aliphatic rings. The molecule has 1 N–H and O–H groups in total. The molecule has 0 spiro atoms. The monoisotopic (exact) mass is 333 g/mol. The fourth-order valence-electron chi connectivity index (χ4n) is 2.09. The van der Waals surface area contributed by atoms with Gasteiger partial charge in [0.1, 0.15) is 11.6 Å². The van der Waals surface area contributed by atoms with Gasteiger partial charge in [0.25, 0.3) is 0 Å². The zero-order valence-corrected chi connectivity index (χ0v) is 13.9. The Morgan fingerprint density at radius 1 is 1.22 bits per heavy atom. The summed E-state index contributed by atoms with van der Waals surface area (Å²) in [6.07, 6.45) is 0.329. The maximum absolute atomic E-state index is 13.4. The Morgan fingerprint density at radius 2 is 2.04 bits per heavy atom. The summed E-state index contributed by atoms with van der Waals surface area (Å²) in [6, 6.07) is 14.2. The highest BCUT2D eigenvalue weighted by Crippen LogP contribution is 2.15. The van der Waals surface area contributed by atoms with E-state index in [4.69, 9.17) is 4.74 Å². The maximum atomic E-state index is 13.4. The van der Waals surface area contributed by atoms with Gasteiger partial charge in [0, 0.05) is 18.1 Å². The molecule has 0 bridgehead atoms. The number of carbonyl (C=O) groups is 1. The van der Waals surface area contributed by atoms with Crippen molar-refractivity contribution in [3.63, 3.8) is 0 Å². The molecule has 5 heteroatoms. The molecule has 2 rings (SSSR count). The average molecular weight is 333 g/mol. The molecular formula is C18H20FNO2S. The van der Waals surface area contributed by atoms with Crippen molar-refractivity contribution in [1.82, 2.24) is 5.32 Å². The third kappa shape index (κ3) is 5.94. The van der Waals surface area contributed by atoms with E-state index in [1.807, 2.05) is 30.3 Å². The molecule has 0 unspecified atom stereocenters. The fourth-order valence-corrected chi connectivity index (χ4v) is 2.94. The van der Waals surface area contributed by atoms with Crippen LogP contribution in [0.25, 0.3) is 0 Å². The number of thioether (sulfide) groups is 1. The molecule has 0 heterocycles. The van der Waals surface area contributed by atoms with Crippen LogP contribution in [0, 0.1) is 5.82 Å². The molecule has 23 heavy (non-hydrogen) atoms. The van der Waals surface area contributed by atoms with Gasteiger partial charge in [0.05, 0.1) is 13.5 Å². The molecule has 0 fully saturated rings. The number of methoxy groups -OCH3 is 1. The van der Waals surface area contributed by atoms with Crippen molar-refractivity contribution in [1.29, 1.82) is 0 Å². The van der Waals surface area contributed by atoms with Gasteiger partial charge in [-0.1, -0.05) is 30.3 Å². The lowest BCUT2D eigenvalue weighted by molar-refractivity contribution is -0.120. The van der Waals surface area contributed by atoms with Gasteiger partial charge in [-0.2, -0.15) is 11.8 Å². The van der Waals surface area contributed by atoms with Gasteiger partial charge in [-0.05, 0) is 29.3 Å². The number of hydrogen-bond donors (Lipinski definition) is 1. The van der Waals surface area contributed by atoms with Crippen LogP contribution in [0.4, 0.5) is 4.39 Å². The zero-order valence-electron chi connectivity index (χ0n) is 13.0. The molecule has 1 amide bonds. The van der Waals surface area contributed by atoms with E-state index in [-0.39, 0.29) is 11.7 Å². The molecule has 0 aromatic heterocycles. The predicted molar refractivity (Wildman–Crippen MR) is 92.3 cm³/mol. The summed E-state index contributed by atoms with van der Waals surface area (Å²) in [6.45, 7) is 0.571. The normalized spacial score (nSPS) is 10.3. The lowest BCUT2D eigenvalue weighted by Gasteiger charge is -2.07. The first kappa shape index (κ1) is 17.3. The zero-order chi connectivity index (χ0) is 16.5. The summed E-state index contributed by atoms with van der Waals surface area (Å²) in [5, 5.41) is 2.88. The molecule has 0 aliphatic heterocycles. The van der Waals surface area contributed by atoms with Gasteiger partial charge in [-0.15, -0.1) is 0 Å². The van der Waals surface area contributed by atoms with Crippen LogP contribution >= 0.6 is 11.8 Å². The maximum Gasteiger partial charge on any atom is 0.224 e. The second-order valence-electron chi connectivity index (χ2n) is 5.02. The van der Waals surface area contributed by atoms with Crippen LogP contribution in [0.3, 0.4) is 0 Å². The van der Waals surface area contributed by atoms with Crippen LogP contribution in [0.5, 0.6) is 5.75 Å². The molecule has 0 saturated carbocycles. The van der Waals surface area contributed by atoms with Crippen LogP contribution in [-0.2, 0) is 17.0 Å². The van der Waals surface area contributed by atoms with Gasteiger partial charge in [0.15, 0.2) is 0 Å². The van der Waals surface area contributed by atoms with E-state index >= 15 is 0 Å². The standard InChI is InChI=1S/C18H20FNO2S/c1-22-16-7-4-5-14(11-16)12-18(21)20-9-10-23-13-15-6-2-3-8-17(15)19/h2-8,11H,9-10,12-13H2,1H3,(H,20,21). The van der Waals surface area contributed by atoms with Crippen molar-refractivity contribution in [3.8, 4) is 5.75 Å². The van der Waals surface area contributed by atoms with E-state index in [9.17, 15) is 9.18 Å². The lowest BCUT2D eigenvalue weighted by Crippen LogP contribution is -2.27. The molecule has 2 aromatic carbocycles. The first-order chi connectivity index (χ1) is 11.2. The fraction of sp³-hybridized carbons (Fsp3) is 0.278. The number of ether oxygens (including phenoxy) is 1. The predicted octanol–water partition coefficient (Wildman–Crippen LogP) is 3.43. The van der Waals surface area contributed by atoms with Crippen molar-refractivity contribution in [2.45, 2.75) is 12.2 Å². The number of rotatable bonds is 8. The Labute approximate surface area is 140 Å². The summed E-state index contributed by atoms with van der Waals surface area (Å²) < 4.78 is 18.6. The highest BCUT2D eigenvalue weighted by atomic mass is 32.2. The minimum absolute atomic E-state index is 0.0234. The molecule has 0 aliphatic carbocycles. The average Bonchev–Trinajstić information content (AvgIpc) is 2.56. The van der Waals surface area contributed by atoms with Gasteiger partial charge in [-0.3, -0.25) is 4.79 Å². The van der Waals surface area contributed by atoms with Crippen LogP contribution in [0.2, 0.25) is 0 Å². The largest absolute Gasteiger partial charge is 0.497 e. The lowest BCUT2D eigenvalue weighted by atomic mass is 10.1. The summed E-state index contributed by atoms with van der Waals surface area (Å²) in [5.41, 5.74) is 1.61. The first-order valence-corrected chi connectivity index (χ1v) is 8.55. The minimum atomic E-state index is -0.179. The van der Waals surface area contributed by atoms with E-state index in [2.05, 4.69) is 5.32 Å². The molecule has 2 aromatic rings. The van der Waals surface area contributed by atoms with E-state index in [0.717, 1.165) is 17.1 Å². The SMILES string of the molecule is COc1cccc(CC(=O)NCCSCc2ccccc2F)c1. The number of halogens is 1. The molecule has 3 nitrogen and oxygen atoms in total. The van der Waals surface area contributed by atoms with Crippen LogP contribution in [0.1, 0.15) is 11.1 Å². The molecule has 0 atom stereocenters. The smallest absolute Gasteiger partial charge is 0.224 e. The Balaban J connectivity index is 1.66. The van der Waals surface area contributed by atoms with Crippen LogP contribution in [-0.4, -0.2) is 25.3 Å². The van der Waals surface area contributed by atoms with Gasteiger partial charge < -0.3 is 10.1 Å². The van der Waals surface area contributed by atoms with Crippen LogP contribution < -0.4 is 10.1 Å². The Morgan fingerprint density at radius 3 is 2.83 bits per heavy atom. The summed E-state index contributed by atoms with van der Waals surface area (Å²) in [5.74, 6) is 1.90. The Bertz CT molecular complexity index is 648. The van der Waals surface area contributed by atoms with Crippen molar-refractivity contribution in [2.24, 2.45) is 0 Å². The molecule has 122 valence electrons. The van der Waals surface area contributed by atoms with Gasteiger partial charge in [-0.25, -0.2) is 4.39 Å². The van der Waals surface area contributed by atoms with E-state index < -0.39 is 0 Å². The summed E-state index contributed by atoms with van der Waals surface area (Å²) in [7, 11) is 1.60. The second-order valence-corrected chi connectivity index (χ2v) is 6.13. The van der Waals surface area contributed by atoms with Crippen LogP contribution in [0.15, 0.2) is 48.5 Å². The minimum Gasteiger partial charge on any atom is -0.497 e. The van der Waals surface area contributed by atoms with Crippen molar-refractivity contribution in [2.75, 3.05) is 19.4 Å². The van der Waals surface area contributed by atoms with E-state index in [0.29, 0.717) is 24.3 Å². The first-order valence-electron chi connectivity index (χ1n) is 7.40. The number of nitrogens with one attached hydrogen (secondary N) is 1. The Kier molecular flexibility index (Phi) is 6.94. The molecule has 0 radical (unpaired) electrons. The molecule has 0 saturated heterocycles.